The predicted molar refractivity (Wildman–Crippen MR) is 107 cm³/mol. The minimum atomic E-state index is -0.613. The first-order valence-corrected chi connectivity index (χ1v) is 9.43. The van der Waals surface area contributed by atoms with Crippen molar-refractivity contribution in [3.63, 3.8) is 0 Å². The summed E-state index contributed by atoms with van der Waals surface area (Å²) < 4.78 is 21.3. The number of nitrogens with one attached hydrogen (secondary N) is 1. The van der Waals surface area contributed by atoms with Crippen molar-refractivity contribution >= 4 is 11.6 Å². The Labute approximate surface area is 165 Å². The molecular weight excluding hydrogens is 358 g/mol. The van der Waals surface area contributed by atoms with Crippen molar-refractivity contribution in [1.82, 2.24) is 0 Å². The molecule has 0 unspecified atom stereocenters. The molecule has 1 amide bonds. The maximum Gasteiger partial charge on any atom is 0.235 e. The second kappa shape index (κ2) is 9.57. The Kier molecular flexibility index (Phi) is 6.90. The van der Waals surface area contributed by atoms with Crippen LogP contribution < -0.4 is 14.8 Å². The van der Waals surface area contributed by atoms with E-state index in [0.717, 1.165) is 22.7 Å². The number of hydrogen-bond donors (Lipinski definition) is 1. The fraction of sp³-hybridized carbons (Fsp3) is 0.409. The van der Waals surface area contributed by atoms with Gasteiger partial charge in [-0.2, -0.15) is 0 Å². The van der Waals surface area contributed by atoms with Gasteiger partial charge in [-0.1, -0.05) is 12.1 Å². The molecule has 0 radical (unpaired) electrons. The highest BCUT2D eigenvalue weighted by Crippen LogP contribution is 2.37. The van der Waals surface area contributed by atoms with Crippen molar-refractivity contribution in [3.8, 4) is 11.5 Å². The number of ether oxygens (including phenoxy) is 4. The maximum atomic E-state index is 13.3. The first-order chi connectivity index (χ1) is 13.7. The largest absolute Gasteiger partial charge is 0.497 e. The van der Waals surface area contributed by atoms with Gasteiger partial charge in [-0.05, 0) is 54.8 Å². The van der Waals surface area contributed by atoms with Crippen molar-refractivity contribution in [2.45, 2.75) is 18.3 Å². The molecule has 0 aromatic heterocycles. The zero-order chi connectivity index (χ0) is 19.8. The van der Waals surface area contributed by atoms with E-state index in [4.69, 9.17) is 18.9 Å². The van der Waals surface area contributed by atoms with Crippen LogP contribution in [0.3, 0.4) is 0 Å². The van der Waals surface area contributed by atoms with Gasteiger partial charge in [-0.15, -0.1) is 0 Å². The Morgan fingerprint density at radius 1 is 0.964 bits per heavy atom. The Bertz CT molecular complexity index is 752. The highest BCUT2D eigenvalue weighted by atomic mass is 16.5. The van der Waals surface area contributed by atoms with E-state index in [1.807, 2.05) is 48.5 Å². The fourth-order valence-corrected chi connectivity index (χ4v) is 3.40. The first kappa shape index (κ1) is 20.2. The second-order valence-electron chi connectivity index (χ2n) is 6.74. The molecule has 1 heterocycles. The van der Waals surface area contributed by atoms with Crippen LogP contribution in [0.5, 0.6) is 11.5 Å². The second-order valence-corrected chi connectivity index (χ2v) is 6.74. The van der Waals surface area contributed by atoms with Crippen LogP contribution in [0.1, 0.15) is 18.4 Å². The lowest BCUT2D eigenvalue weighted by atomic mass is 9.73. The van der Waals surface area contributed by atoms with Crippen LogP contribution in [-0.2, 0) is 19.7 Å². The number of rotatable bonds is 8. The third kappa shape index (κ3) is 4.64. The maximum absolute atomic E-state index is 13.3. The fourth-order valence-electron chi connectivity index (χ4n) is 3.40. The van der Waals surface area contributed by atoms with Gasteiger partial charge >= 0.3 is 0 Å². The van der Waals surface area contributed by atoms with E-state index in [-0.39, 0.29) is 5.91 Å². The van der Waals surface area contributed by atoms with Gasteiger partial charge in [-0.25, -0.2) is 0 Å². The molecule has 1 N–H and O–H groups in total. The molecule has 1 fully saturated rings. The van der Waals surface area contributed by atoms with E-state index >= 15 is 0 Å². The molecule has 150 valence electrons. The van der Waals surface area contributed by atoms with Crippen LogP contribution in [0.25, 0.3) is 0 Å². The van der Waals surface area contributed by atoms with E-state index in [9.17, 15) is 4.79 Å². The van der Waals surface area contributed by atoms with E-state index in [2.05, 4.69) is 5.32 Å². The lowest BCUT2D eigenvalue weighted by Gasteiger charge is -2.36. The van der Waals surface area contributed by atoms with Crippen molar-refractivity contribution < 1.29 is 23.7 Å². The van der Waals surface area contributed by atoms with Gasteiger partial charge < -0.3 is 24.3 Å². The summed E-state index contributed by atoms with van der Waals surface area (Å²) in [7, 11) is 3.27. The average molecular weight is 385 g/mol. The summed E-state index contributed by atoms with van der Waals surface area (Å²) >= 11 is 0. The normalized spacial score (nSPS) is 15.6. The average Bonchev–Trinajstić information content (AvgIpc) is 2.75. The number of hydrogen-bond acceptors (Lipinski definition) is 5. The van der Waals surface area contributed by atoms with Gasteiger partial charge in [0.2, 0.25) is 5.91 Å². The molecule has 6 heteroatoms. The van der Waals surface area contributed by atoms with Crippen LogP contribution in [-0.4, -0.2) is 46.6 Å². The summed E-state index contributed by atoms with van der Waals surface area (Å²) in [6, 6.07) is 15.1. The van der Waals surface area contributed by atoms with Gasteiger partial charge in [0.05, 0.1) is 19.1 Å². The zero-order valence-corrected chi connectivity index (χ0v) is 16.4. The number of amides is 1. The highest BCUT2D eigenvalue weighted by molar-refractivity contribution is 5.99. The summed E-state index contributed by atoms with van der Waals surface area (Å²) in [6.45, 7) is 2.14. The minimum absolute atomic E-state index is 0.0194. The minimum Gasteiger partial charge on any atom is -0.497 e. The molecule has 0 bridgehead atoms. The van der Waals surface area contributed by atoms with Gasteiger partial charge in [0.25, 0.3) is 0 Å². The zero-order valence-electron chi connectivity index (χ0n) is 16.4. The van der Waals surface area contributed by atoms with E-state index < -0.39 is 5.41 Å². The molecule has 1 saturated heterocycles. The Morgan fingerprint density at radius 2 is 1.61 bits per heavy atom. The first-order valence-electron chi connectivity index (χ1n) is 9.43. The Hall–Kier alpha value is -2.57. The molecule has 0 aliphatic carbocycles. The quantitative estimate of drug-likeness (QED) is 0.706. The molecule has 0 atom stereocenters. The van der Waals surface area contributed by atoms with Crippen LogP contribution in [0.15, 0.2) is 48.5 Å². The SMILES string of the molecule is COCCOc1ccc(NC(=O)C2(c3ccc(OC)cc3)CCOCC2)cc1. The molecule has 2 aromatic rings. The molecule has 0 saturated carbocycles. The third-order valence-corrected chi connectivity index (χ3v) is 5.09. The van der Waals surface area contributed by atoms with Crippen molar-refractivity contribution in [3.05, 3.63) is 54.1 Å². The molecule has 3 rings (SSSR count). The molecular formula is C22H27NO5. The molecule has 0 spiro atoms. The predicted octanol–water partition coefficient (Wildman–Crippen LogP) is 3.41. The summed E-state index contributed by atoms with van der Waals surface area (Å²) in [4.78, 5) is 13.3. The summed E-state index contributed by atoms with van der Waals surface area (Å²) in [6.07, 6.45) is 1.28. The van der Waals surface area contributed by atoms with Gasteiger partial charge in [0.15, 0.2) is 0 Å². The highest BCUT2D eigenvalue weighted by Gasteiger charge is 2.41. The number of benzene rings is 2. The molecule has 1 aliphatic rings. The smallest absolute Gasteiger partial charge is 0.235 e. The third-order valence-electron chi connectivity index (χ3n) is 5.09. The molecule has 2 aromatic carbocycles. The summed E-state index contributed by atoms with van der Waals surface area (Å²) in [5.41, 5.74) is 1.11. The number of anilines is 1. The lowest BCUT2D eigenvalue weighted by molar-refractivity contribution is -0.125. The molecule has 28 heavy (non-hydrogen) atoms. The van der Waals surface area contributed by atoms with E-state index in [1.54, 1.807) is 14.2 Å². The lowest BCUT2D eigenvalue weighted by Crippen LogP contribution is -2.44. The number of methoxy groups -OCH3 is 2. The van der Waals surface area contributed by atoms with Gasteiger partial charge in [-0.3, -0.25) is 4.79 Å². The van der Waals surface area contributed by atoms with Gasteiger partial charge in [0, 0.05) is 26.0 Å². The molecule has 1 aliphatic heterocycles. The Morgan fingerprint density at radius 3 is 2.21 bits per heavy atom. The molecule has 6 nitrogen and oxygen atoms in total. The monoisotopic (exact) mass is 385 g/mol. The Balaban J connectivity index is 1.74. The van der Waals surface area contributed by atoms with E-state index in [0.29, 0.717) is 39.3 Å². The van der Waals surface area contributed by atoms with Crippen molar-refractivity contribution in [1.29, 1.82) is 0 Å². The topological polar surface area (TPSA) is 66.0 Å². The van der Waals surface area contributed by atoms with Crippen LogP contribution in [0.2, 0.25) is 0 Å². The standard InChI is InChI=1S/C22H27NO5/c1-25-15-16-28-20-9-5-18(6-10-20)23-21(24)22(11-13-27-14-12-22)17-3-7-19(26-2)8-4-17/h3-10H,11-16H2,1-2H3,(H,23,24). The number of carbonyl (C=O) groups is 1. The van der Waals surface area contributed by atoms with Crippen LogP contribution >= 0.6 is 0 Å². The van der Waals surface area contributed by atoms with E-state index in [1.165, 1.54) is 0 Å². The summed E-state index contributed by atoms with van der Waals surface area (Å²) in [5, 5.41) is 3.07. The van der Waals surface area contributed by atoms with Crippen molar-refractivity contribution in [2.24, 2.45) is 0 Å². The van der Waals surface area contributed by atoms with Crippen LogP contribution in [0, 0.1) is 0 Å². The van der Waals surface area contributed by atoms with Gasteiger partial charge in [0.1, 0.15) is 18.1 Å². The summed E-state index contributed by atoms with van der Waals surface area (Å²) in [5.74, 6) is 1.50. The van der Waals surface area contributed by atoms with Crippen molar-refractivity contribution in [2.75, 3.05) is 46.0 Å². The number of carbonyl (C=O) groups excluding carboxylic acids is 1. The van der Waals surface area contributed by atoms with Crippen LogP contribution in [0.4, 0.5) is 5.69 Å².